The quantitative estimate of drug-likeness (QED) is 0.505. The van der Waals surface area contributed by atoms with E-state index in [1.807, 2.05) is 0 Å². The molecule has 2 aliphatic rings. The number of ether oxygens (including phenoxy) is 1. The number of carbonyl (C=O) groups is 4. The Balaban J connectivity index is 1.74. The lowest BCUT2D eigenvalue weighted by Crippen LogP contribution is -2.50. The van der Waals surface area contributed by atoms with E-state index in [9.17, 15) is 19.2 Å². The first-order valence-electron chi connectivity index (χ1n) is 9.84. The molecule has 9 heteroatoms. The molecule has 0 spiro atoms. The van der Waals surface area contributed by atoms with Crippen molar-refractivity contribution in [3.05, 3.63) is 29.3 Å². The van der Waals surface area contributed by atoms with Crippen molar-refractivity contribution in [1.82, 2.24) is 9.80 Å². The van der Waals surface area contributed by atoms with Gasteiger partial charge in [0.05, 0.1) is 24.6 Å². The molecule has 1 fully saturated rings. The van der Waals surface area contributed by atoms with Crippen LogP contribution in [0.1, 0.15) is 33.6 Å². The highest BCUT2D eigenvalue weighted by atomic mass is 16.5. The number of rotatable bonds is 7. The van der Waals surface area contributed by atoms with Crippen molar-refractivity contribution in [3.63, 3.8) is 0 Å². The SMILES string of the molecule is CNc1cccc2c1C(=O)C(C1CCC(=O)N(CCOC(=O)CN(C)C)C1=N)C2=O. The third-order valence-electron chi connectivity index (χ3n) is 5.45. The van der Waals surface area contributed by atoms with Crippen molar-refractivity contribution < 1.29 is 23.9 Å². The molecule has 160 valence electrons. The predicted molar refractivity (Wildman–Crippen MR) is 110 cm³/mol. The molecule has 30 heavy (non-hydrogen) atoms. The number of likely N-dealkylation sites (N-methyl/N-ethyl adjacent to an activating group) is 1. The second-order valence-corrected chi connectivity index (χ2v) is 7.72. The zero-order valence-corrected chi connectivity index (χ0v) is 17.4. The number of fused-ring (bicyclic) bond motifs is 1. The number of ketones is 2. The van der Waals surface area contributed by atoms with Gasteiger partial charge >= 0.3 is 5.97 Å². The molecule has 0 radical (unpaired) electrons. The van der Waals surface area contributed by atoms with Crippen molar-refractivity contribution in [2.45, 2.75) is 12.8 Å². The first-order chi connectivity index (χ1) is 14.3. The van der Waals surface area contributed by atoms with Gasteiger partial charge in [-0.15, -0.1) is 0 Å². The molecule has 1 aromatic rings. The number of amides is 1. The molecule has 0 bridgehead atoms. The molecular weight excluding hydrogens is 388 g/mol. The molecule has 3 rings (SSSR count). The van der Waals surface area contributed by atoms with Crippen LogP contribution in [0.3, 0.4) is 0 Å². The standard InChI is InChI=1S/C21H26N4O5/c1-23-14-6-4-5-12-17(14)20(29)18(19(12)28)13-7-8-15(26)25(21(13)22)9-10-30-16(27)11-24(2)3/h4-6,13,18,22-23H,7-11H2,1-3H3. The van der Waals surface area contributed by atoms with Gasteiger partial charge < -0.3 is 10.1 Å². The van der Waals surface area contributed by atoms with Crippen LogP contribution in [-0.2, 0) is 14.3 Å². The Morgan fingerprint density at radius 1 is 1.27 bits per heavy atom. The van der Waals surface area contributed by atoms with Crippen molar-refractivity contribution in [2.75, 3.05) is 46.2 Å². The average molecular weight is 414 g/mol. The minimum atomic E-state index is -1.01. The summed E-state index contributed by atoms with van der Waals surface area (Å²) in [4.78, 5) is 53.0. The van der Waals surface area contributed by atoms with Crippen molar-refractivity contribution >= 4 is 35.0 Å². The smallest absolute Gasteiger partial charge is 0.320 e. The highest BCUT2D eigenvalue weighted by Crippen LogP contribution is 2.39. The fourth-order valence-corrected chi connectivity index (χ4v) is 4.05. The molecule has 1 heterocycles. The number of nitrogens with zero attached hydrogens (tertiary/aromatic N) is 2. The lowest BCUT2D eigenvalue weighted by Gasteiger charge is -2.35. The van der Waals surface area contributed by atoms with E-state index in [2.05, 4.69) is 5.32 Å². The molecule has 2 N–H and O–H groups in total. The molecule has 1 aliphatic heterocycles. The van der Waals surface area contributed by atoms with Gasteiger partial charge in [-0.2, -0.15) is 0 Å². The van der Waals surface area contributed by atoms with Gasteiger partial charge in [-0.25, -0.2) is 0 Å². The minimum absolute atomic E-state index is 0.0250. The van der Waals surface area contributed by atoms with Crippen LogP contribution in [-0.4, -0.2) is 79.9 Å². The van der Waals surface area contributed by atoms with E-state index in [1.165, 1.54) is 4.90 Å². The Bertz CT molecular complexity index is 911. The van der Waals surface area contributed by atoms with Gasteiger partial charge in [0.1, 0.15) is 12.4 Å². The van der Waals surface area contributed by atoms with Crippen molar-refractivity contribution in [1.29, 1.82) is 5.41 Å². The van der Waals surface area contributed by atoms with Gasteiger partial charge in [0.2, 0.25) is 5.91 Å². The highest BCUT2D eigenvalue weighted by Gasteiger charge is 2.48. The van der Waals surface area contributed by atoms with Crippen LogP contribution in [0.15, 0.2) is 18.2 Å². The number of amidine groups is 1. The molecule has 1 amide bonds. The summed E-state index contributed by atoms with van der Waals surface area (Å²) in [6.07, 6.45) is 0.393. The van der Waals surface area contributed by atoms with Crippen LogP contribution in [0, 0.1) is 17.2 Å². The first kappa shape index (κ1) is 21.6. The lowest BCUT2D eigenvalue weighted by molar-refractivity contribution is -0.145. The second-order valence-electron chi connectivity index (χ2n) is 7.72. The summed E-state index contributed by atoms with van der Waals surface area (Å²) in [5.41, 5.74) is 1.28. The molecule has 1 aliphatic carbocycles. The lowest BCUT2D eigenvalue weighted by atomic mass is 9.81. The maximum atomic E-state index is 13.1. The normalized spacial score (nSPS) is 21.3. The highest BCUT2D eigenvalue weighted by molar-refractivity contribution is 6.30. The summed E-state index contributed by atoms with van der Waals surface area (Å²) in [5.74, 6) is -3.09. The van der Waals surface area contributed by atoms with Crippen LogP contribution >= 0.6 is 0 Å². The van der Waals surface area contributed by atoms with Gasteiger partial charge in [0.25, 0.3) is 0 Å². The largest absolute Gasteiger partial charge is 0.463 e. The second kappa shape index (κ2) is 8.74. The summed E-state index contributed by atoms with van der Waals surface area (Å²) in [6.45, 7) is 0.0898. The van der Waals surface area contributed by atoms with E-state index in [4.69, 9.17) is 10.1 Å². The van der Waals surface area contributed by atoms with Gasteiger partial charge in [0.15, 0.2) is 11.6 Å². The fraction of sp³-hybridized carbons (Fsp3) is 0.476. The maximum absolute atomic E-state index is 13.1. The number of esters is 1. The van der Waals surface area contributed by atoms with E-state index in [-0.39, 0.29) is 55.8 Å². The van der Waals surface area contributed by atoms with Crippen LogP contribution < -0.4 is 5.32 Å². The number of nitrogens with one attached hydrogen (secondary N) is 2. The van der Waals surface area contributed by atoms with Crippen LogP contribution in [0.25, 0.3) is 0 Å². The molecule has 1 saturated heterocycles. The first-order valence-corrected chi connectivity index (χ1v) is 9.84. The van der Waals surface area contributed by atoms with E-state index < -0.39 is 17.8 Å². The molecule has 0 aromatic heterocycles. The molecule has 2 atom stereocenters. The summed E-state index contributed by atoms with van der Waals surface area (Å²) >= 11 is 0. The summed E-state index contributed by atoms with van der Waals surface area (Å²) in [5, 5.41) is 11.5. The zero-order chi connectivity index (χ0) is 22.0. The Labute approximate surface area is 174 Å². The predicted octanol–water partition coefficient (Wildman–Crippen LogP) is 1.04. The average Bonchev–Trinajstić information content (AvgIpc) is 2.95. The van der Waals surface area contributed by atoms with Crippen molar-refractivity contribution in [2.24, 2.45) is 11.8 Å². The number of benzene rings is 1. The molecule has 0 saturated carbocycles. The third-order valence-corrected chi connectivity index (χ3v) is 5.45. The molecule has 2 unspecified atom stereocenters. The number of anilines is 1. The molecule has 9 nitrogen and oxygen atoms in total. The van der Waals surface area contributed by atoms with Gasteiger partial charge in [-0.3, -0.25) is 34.4 Å². The zero-order valence-electron chi connectivity index (χ0n) is 17.4. The summed E-state index contributed by atoms with van der Waals surface area (Å²) in [7, 11) is 5.16. The molecular formula is C21H26N4O5. The molecule has 1 aromatic carbocycles. The van der Waals surface area contributed by atoms with E-state index >= 15 is 0 Å². The van der Waals surface area contributed by atoms with Crippen molar-refractivity contribution in [3.8, 4) is 0 Å². The Morgan fingerprint density at radius 2 is 2.00 bits per heavy atom. The number of likely N-dealkylation sites (tertiary alicyclic amines) is 1. The van der Waals surface area contributed by atoms with E-state index in [0.29, 0.717) is 16.8 Å². The topological polar surface area (TPSA) is 120 Å². The van der Waals surface area contributed by atoms with Gasteiger partial charge in [-0.05, 0) is 26.6 Å². The number of hydrogen-bond acceptors (Lipinski definition) is 8. The van der Waals surface area contributed by atoms with E-state index in [0.717, 1.165) is 0 Å². The van der Waals surface area contributed by atoms with Crippen LogP contribution in [0.5, 0.6) is 0 Å². The fourth-order valence-electron chi connectivity index (χ4n) is 4.05. The minimum Gasteiger partial charge on any atom is -0.463 e. The van der Waals surface area contributed by atoms with Crippen LogP contribution in [0.4, 0.5) is 5.69 Å². The Kier molecular flexibility index (Phi) is 6.31. The Morgan fingerprint density at radius 3 is 2.67 bits per heavy atom. The van der Waals surface area contributed by atoms with E-state index in [1.54, 1.807) is 44.2 Å². The monoisotopic (exact) mass is 414 g/mol. The van der Waals surface area contributed by atoms with Crippen LogP contribution in [0.2, 0.25) is 0 Å². The van der Waals surface area contributed by atoms with Gasteiger partial charge in [0, 0.05) is 30.6 Å². The number of carbonyl (C=O) groups excluding carboxylic acids is 4. The number of hydrogen-bond donors (Lipinski definition) is 2. The Hall–Kier alpha value is -3.07. The van der Waals surface area contributed by atoms with Gasteiger partial charge in [-0.1, -0.05) is 12.1 Å². The summed E-state index contributed by atoms with van der Waals surface area (Å²) < 4.78 is 5.12. The number of piperidine rings is 1. The third kappa shape index (κ3) is 3.97. The number of Topliss-reactive ketones (excluding diaryl/α,β-unsaturated/α-hetero) is 2. The summed E-state index contributed by atoms with van der Waals surface area (Å²) in [6, 6.07) is 5.06. The maximum Gasteiger partial charge on any atom is 0.320 e.